The Morgan fingerprint density at radius 3 is 2.76 bits per heavy atom. The first-order valence-electron chi connectivity index (χ1n) is 7.16. The van der Waals surface area contributed by atoms with Crippen LogP contribution < -0.4 is 10.6 Å². The zero-order valence-corrected chi connectivity index (χ0v) is 12.6. The average molecular weight is 308 g/mol. The van der Waals surface area contributed by atoms with E-state index in [0.29, 0.717) is 35.6 Å². The van der Waals surface area contributed by atoms with Crippen molar-refractivity contribution in [1.29, 1.82) is 0 Å². The summed E-state index contributed by atoms with van der Waals surface area (Å²) in [5.74, 6) is 0.719. The lowest BCUT2D eigenvalue weighted by molar-refractivity contribution is -0.128. The number of hydrogen-bond acceptors (Lipinski definition) is 2. The van der Waals surface area contributed by atoms with Gasteiger partial charge in [-0.25, -0.2) is 4.79 Å². The van der Waals surface area contributed by atoms with Gasteiger partial charge in [0.1, 0.15) is 0 Å². The molecule has 1 saturated carbocycles. The normalized spacial score (nSPS) is 27.6. The van der Waals surface area contributed by atoms with Gasteiger partial charge in [-0.2, -0.15) is 0 Å². The van der Waals surface area contributed by atoms with E-state index in [1.54, 1.807) is 24.3 Å². The van der Waals surface area contributed by atoms with Gasteiger partial charge in [0, 0.05) is 19.0 Å². The van der Waals surface area contributed by atoms with Crippen molar-refractivity contribution in [2.45, 2.75) is 31.8 Å². The van der Waals surface area contributed by atoms with Crippen LogP contribution in [0.25, 0.3) is 0 Å². The molecule has 2 aliphatic rings. The van der Waals surface area contributed by atoms with Gasteiger partial charge < -0.3 is 15.5 Å². The van der Waals surface area contributed by atoms with E-state index in [0.717, 1.165) is 6.42 Å². The molecule has 21 heavy (non-hydrogen) atoms. The molecule has 5 nitrogen and oxygen atoms in total. The van der Waals surface area contributed by atoms with Crippen LogP contribution >= 0.6 is 11.6 Å². The number of carbonyl (C=O) groups excluding carboxylic acids is 2. The second-order valence-electron chi connectivity index (χ2n) is 5.81. The summed E-state index contributed by atoms with van der Waals surface area (Å²) in [4.78, 5) is 25.8. The molecule has 1 aliphatic carbocycles. The maximum absolute atomic E-state index is 12.0. The van der Waals surface area contributed by atoms with E-state index in [1.807, 2.05) is 4.90 Å². The molecule has 0 radical (unpaired) electrons. The molecule has 1 aliphatic heterocycles. The largest absolute Gasteiger partial charge is 0.337 e. The van der Waals surface area contributed by atoms with Gasteiger partial charge in [-0.1, -0.05) is 30.7 Å². The molecule has 2 N–H and O–H groups in total. The Morgan fingerprint density at radius 2 is 2.10 bits per heavy atom. The van der Waals surface area contributed by atoms with Gasteiger partial charge in [0.25, 0.3) is 0 Å². The number of urea groups is 1. The summed E-state index contributed by atoms with van der Waals surface area (Å²) >= 11 is 5.99. The molecule has 2 fully saturated rings. The van der Waals surface area contributed by atoms with Crippen LogP contribution in [0.2, 0.25) is 5.02 Å². The number of amides is 3. The molecule has 3 rings (SSSR count). The van der Waals surface area contributed by atoms with Gasteiger partial charge in [0.15, 0.2) is 0 Å². The average Bonchev–Trinajstić information content (AvgIpc) is 3.04. The molecule has 1 aromatic rings. The van der Waals surface area contributed by atoms with Crippen molar-refractivity contribution < 1.29 is 9.59 Å². The fourth-order valence-electron chi connectivity index (χ4n) is 2.79. The Kier molecular flexibility index (Phi) is 3.76. The molecule has 3 unspecified atom stereocenters. The molecule has 0 aromatic heterocycles. The first-order valence-corrected chi connectivity index (χ1v) is 7.54. The smallest absolute Gasteiger partial charge is 0.319 e. The number of anilines is 1. The molecule has 112 valence electrons. The summed E-state index contributed by atoms with van der Waals surface area (Å²) in [6, 6.07) is 6.97. The molecular formula is C15H18ClN3O2. The van der Waals surface area contributed by atoms with Gasteiger partial charge in [0.05, 0.1) is 16.8 Å². The fourth-order valence-corrected chi connectivity index (χ4v) is 2.97. The van der Waals surface area contributed by atoms with Crippen molar-refractivity contribution in [3.63, 3.8) is 0 Å². The van der Waals surface area contributed by atoms with Crippen molar-refractivity contribution in [2.24, 2.45) is 5.92 Å². The van der Waals surface area contributed by atoms with Crippen LogP contribution in [0.4, 0.5) is 10.5 Å². The number of hydrogen-bond donors (Lipinski definition) is 2. The maximum atomic E-state index is 12.0. The summed E-state index contributed by atoms with van der Waals surface area (Å²) in [6.45, 7) is 2.74. The number of rotatable bonds is 3. The minimum Gasteiger partial charge on any atom is -0.337 e. The predicted octanol–water partition coefficient (Wildman–Crippen LogP) is 2.47. The van der Waals surface area contributed by atoms with Crippen LogP contribution in [0.3, 0.4) is 0 Å². The van der Waals surface area contributed by atoms with E-state index in [9.17, 15) is 9.59 Å². The number of halogens is 1. The maximum Gasteiger partial charge on any atom is 0.319 e. The third-order valence-electron chi connectivity index (χ3n) is 4.08. The van der Waals surface area contributed by atoms with Gasteiger partial charge in [-0.05, 0) is 24.5 Å². The third kappa shape index (κ3) is 3.13. The van der Waals surface area contributed by atoms with Crippen molar-refractivity contribution in [3.8, 4) is 0 Å². The van der Waals surface area contributed by atoms with E-state index < -0.39 is 0 Å². The Balaban J connectivity index is 1.54. The number of carbonyl (C=O) groups is 2. The standard InChI is InChI=1S/C15H18ClN3O2/c1-9-6-13(9)19-8-10(7-14(19)20)17-15(21)18-12-5-3-2-4-11(12)16/h2-5,9-10,13H,6-8H2,1H3,(H2,17,18,21). The van der Waals surface area contributed by atoms with Crippen LogP contribution in [-0.4, -0.2) is 35.5 Å². The minimum absolute atomic E-state index is 0.132. The van der Waals surface area contributed by atoms with E-state index in [1.165, 1.54) is 0 Å². The summed E-state index contributed by atoms with van der Waals surface area (Å²) in [5.41, 5.74) is 0.564. The van der Waals surface area contributed by atoms with Crippen molar-refractivity contribution in [3.05, 3.63) is 29.3 Å². The summed E-state index contributed by atoms with van der Waals surface area (Å²) < 4.78 is 0. The van der Waals surface area contributed by atoms with E-state index >= 15 is 0 Å². The van der Waals surface area contributed by atoms with E-state index in [2.05, 4.69) is 17.6 Å². The Labute approximate surface area is 128 Å². The van der Waals surface area contributed by atoms with Gasteiger partial charge in [0.2, 0.25) is 5.91 Å². The zero-order chi connectivity index (χ0) is 15.0. The summed E-state index contributed by atoms with van der Waals surface area (Å²) in [5, 5.41) is 6.04. The molecule has 1 aromatic carbocycles. The highest BCUT2D eigenvalue weighted by molar-refractivity contribution is 6.33. The number of benzene rings is 1. The van der Waals surface area contributed by atoms with Crippen molar-refractivity contribution in [1.82, 2.24) is 10.2 Å². The number of nitrogens with one attached hydrogen (secondary N) is 2. The highest BCUT2D eigenvalue weighted by Gasteiger charge is 2.44. The van der Waals surface area contributed by atoms with Gasteiger partial charge in [-0.3, -0.25) is 4.79 Å². The molecular weight excluding hydrogens is 290 g/mol. The predicted molar refractivity (Wildman–Crippen MR) is 81.3 cm³/mol. The topological polar surface area (TPSA) is 61.4 Å². The summed E-state index contributed by atoms with van der Waals surface area (Å²) in [6.07, 6.45) is 1.45. The highest BCUT2D eigenvalue weighted by Crippen LogP contribution is 2.37. The number of nitrogens with zero attached hydrogens (tertiary/aromatic N) is 1. The Morgan fingerprint density at radius 1 is 1.38 bits per heavy atom. The lowest BCUT2D eigenvalue weighted by atomic mass is 10.2. The fraction of sp³-hybridized carbons (Fsp3) is 0.467. The van der Waals surface area contributed by atoms with Crippen molar-refractivity contribution in [2.75, 3.05) is 11.9 Å². The molecule has 3 amide bonds. The monoisotopic (exact) mass is 307 g/mol. The lowest BCUT2D eigenvalue weighted by Crippen LogP contribution is -2.40. The lowest BCUT2D eigenvalue weighted by Gasteiger charge is -2.17. The second-order valence-corrected chi connectivity index (χ2v) is 6.21. The van der Waals surface area contributed by atoms with Crippen LogP contribution in [0.15, 0.2) is 24.3 Å². The molecule has 6 heteroatoms. The van der Waals surface area contributed by atoms with E-state index in [-0.39, 0.29) is 18.0 Å². The first kappa shape index (κ1) is 14.2. The number of likely N-dealkylation sites (tertiary alicyclic amines) is 1. The number of para-hydroxylation sites is 1. The molecule has 0 bridgehead atoms. The SMILES string of the molecule is CC1CC1N1CC(NC(=O)Nc2ccccc2Cl)CC1=O. The van der Waals surface area contributed by atoms with Crippen LogP contribution in [0.1, 0.15) is 19.8 Å². The molecule has 0 spiro atoms. The highest BCUT2D eigenvalue weighted by atomic mass is 35.5. The Hall–Kier alpha value is -1.75. The van der Waals surface area contributed by atoms with Crippen LogP contribution in [0.5, 0.6) is 0 Å². The molecule has 1 saturated heterocycles. The van der Waals surface area contributed by atoms with Gasteiger partial charge in [-0.15, -0.1) is 0 Å². The van der Waals surface area contributed by atoms with E-state index in [4.69, 9.17) is 11.6 Å². The first-order chi connectivity index (χ1) is 10.0. The minimum atomic E-state index is -0.327. The van der Waals surface area contributed by atoms with Crippen LogP contribution in [-0.2, 0) is 4.79 Å². The van der Waals surface area contributed by atoms with Crippen LogP contribution in [0, 0.1) is 5.92 Å². The third-order valence-corrected chi connectivity index (χ3v) is 4.41. The summed E-state index contributed by atoms with van der Waals surface area (Å²) in [7, 11) is 0. The Bertz CT molecular complexity index is 578. The second kappa shape index (κ2) is 5.56. The quantitative estimate of drug-likeness (QED) is 0.901. The zero-order valence-electron chi connectivity index (χ0n) is 11.8. The van der Waals surface area contributed by atoms with Crippen molar-refractivity contribution >= 4 is 29.2 Å². The molecule has 1 heterocycles. The van der Waals surface area contributed by atoms with Gasteiger partial charge >= 0.3 is 6.03 Å². The molecule has 3 atom stereocenters.